The zero-order chi connectivity index (χ0) is 16.2. The molecule has 6 atom stereocenters. The monoisotopic (exact) mass is 330 g/mol. The van der Waals surface area contributed by atoms with E-state index in [0.29, 0.717) is 11.8 Å². The Morgan fingerprint density at radius 2 is 1.83 bits per heavy atom. The third-order valence-electron chi connectivity index (χ3n) is 6.93. The predicted octanol–water partition coefficient (Wildman–Crippen LogP) is 4.50. The molecule has 2 bridgehead atoms. The summed E-state index contributed by atoms with van der Waals surface area (Å²) in [6.07, 6.45) is 7.65. The molecule has 130 valence electrons. The van der Waals surface area contributed by atoms with Gasteiger partial charge in [0.15, 0.2) is 5.60 Å². The third kappa shape index (κ3) is 2.00. The zero-order valence-corrected chi connectivity index (χ0v) is 14.3. The van der Waals surface area contributed by atoms with Crippen LogP contribution in [0.25, 0.3) is 0 Å². The van der Waals surface area contributed by atoms with Crippen LogP contribution in [0, 0.1) is 17.8 Å². The molecule has 4 heteroatoms. The first-order valence-electron chi connectivity index (χ1n) is 9.51. The fourth-order valence-electron chi connectivity index (χ4n) is 5.50. The SMILES string of the molecule is CC1CCCCC12OO[C@@H]1[C@H]3CC[C@H](C3)[C@]1(c1ccccc1)OO2. The molecule has 0 radical (unpaired) electrons. The molecule has 0 N–H and O–H groups in total. The fraction of sp³-hybridized carbons (Fsp3) is 0.700. The summed E-state index contributed by atoms with van der Waals surface area (Å²) in [6, 6.07) is 10.5. The lowest BCUT2D eigenvalue weighted by atomic mass is 9.77. The summed E-state index contributed by atoms with van der Waals surface area (Å²) in [5.41, 5.74) is 0.636. The van der Waals surface area contributed by atoms with E-state index in [4.69, 9.17) is 19.6 Å². The predicted molar refractivity (Wildman–Crippen MR) is 87.4 cm³/mol. The van der Waals surface area contributed by atoms with Gasteiger partial charge in [-0.15, -0.1) is 0 Å². The molecule has 1 heterocycles. The van der Waals surface area contributed by atoms with Gasteiger partial charge in [-0.1, -0.05) is 43.7 Å². The van der Waals surface area contributed by atoms with Crippen LogP contribution in [0.1, 0.15) is 57.4 Å². The van der Waals surface area contributed by atoms with Crippen molar-refractivity contribution in [2.24, 2.45) is 17.8 Å². The molecule has 4 aliphatic rings. The maximum atomic E-state index is 6.35. The summed E-state index contributed by atoms with van der Waals surface area (Å²) in [4.78, 5) is 24.6. The van der Waals surface area contributed by atoms with Gasteiger partial charge >= 0.3 is 0 Å². The van der Waals surface area contributed by atoms with Crippen LogP contribution in [-0.4, -0.2) is 11.9 Å². The quantitative estimate of drug-likeness (QED) is 0.711. The Morgan fingerprint density at radius 1 is 0.958 bits per heavy atom. The van der Waals surface area contributed by atoms with Crippen LogP contribution >= 0.6 is 0 Å². The van der Waals surface area contributed by atoms with E-state index in [-0.39, 0.29) is 12.0 Å². The smallest absolute Gasteiger partial charge is 0.226 e. The van der Waals surface area contributed by atoms with Crippen LogP contribution in [0.5, 0.6) is 0 Å². The summed E-state index contributed by atoms with van der Waals surface area (Å²) in [5.74, 6) is 0.458. The maximum absolute atomic E-state index is 6.35. The van der Waals surface area contributed by atoms with Gasteiger partial charge in [0, 0.05) is 12.3 Å². The highest BCUT2D eigenvalue weighted by atomic mass is 17.3. The lowest BCUT2D eigenvalue weighted by Gasteiger charge is -2.40. The van der Waals surface area contributed by atoms with Crippen molar-refractivity contribution < 1.29 is 19.6 Å². The molecule has 0 aromatic heterocycles. The minimum atomic E-state index is -0.746. The van der Waals surface area contributed by atoms with Crippen molar-refractivity contribution >= 4 is 0 Å². The van der Waals surface area contributed by atoms with E-state index < -0.39 is 11.4 Å². The average molecular weight is 330 g/mol. The molecule has 1 saturated heterocycles. The molecular formula is C20H26O4. The second-order valence-corrected chi connectivity index (χ2v) is 8.15. The van der Waals surface area contributed by atoms with Crippen molar-refractivity contribution in [1.29, 1.82) is 0 Å². The fourth-order valence-corrected chi connectivity index (χ4v) is 5.50. The molecule has 1 aromatic carbocycles. The number of fused-ring (bicyclic) bond motifs is 5. The van der Waals surface area contributed by atoms with Gasteiger partial charge in [-0.2, -0.15) is 9.78 Å². The van der Waals surface area contributed by atoms with Crippen molar-refractivity contribution in [1.82, 2.24) is 0 Å². The molecule has 3 saturated carbocycles. The summed E-state index contributed by atoms with van der Waals surface area (Å²) >= 11 is 0. The average Bonchev–Trinajstić information content (AvgIpc) is 3.17. The topological polar surface area (TPSA) is 36.9 Å². The second-order valence-electron chi connectivity index (χ2n) is 8.15. The Labute approximate surface area is 143 Å². The molecule has 1 aromatic rings. The van der Waals surface area contributed by atoms with Gasteiger partial charge in [0.2, 0.25) is 5.79 Å². The number of hydrogen-bond donors (Lipinski definition) is 0. The number of benzene rings is 1. The van der Waals surface area contributed by atoms with Crippen molar-refractivity contribution in [2.45, 2.75) is 69.4 Å². The molecular weight excluding hydrogens is 304 g/mol. The van der Waals surface area contributed by atoms with Crippen molar-refractivity contribution in [3.8, 4) is 0 Å². The van der Waals surface area contributed by atoms with Crippen molar-refractivity contribution in [3.63, 3.8) is 0 Å². The highest BCUT2D eigenvalue weighted by Crippen LogP contribution is 2.61. The summed E-state index contributed by atoms with van der Waals surface area (Å²) < 4.78 is 0. The summed E-state index contributed by atoms with van der Waals surface area (Å²) in [6.45, 7) is 2.18. The molecule has 2 unspecified atom stereocenters. The normalized spacial score (nSPS) is 47.5. The van der Waals surface area contributed by atoms with Gasteiger partial charge in [-0.25, -0.2) is 9.78 Å². The van der Waals surface area contributed by atoms with E-state index in [1.165, 1.54) is 19.3 Å². The Morgan fingerprint density at radius 3 is 2.67 bits per heavy atom. The van der Waals surface area contributed by atoms with E-state index >= 15 is 0 Å². The van der Waals surface area contributed by atoms with Gasteiger partial charge in [-0.3, -0.25) is 0 Å². The van der Waals surface area contributed by atoms with Crippen LogP contribution in [-0.2, 0) is 25.2 Å². The van der Waals surface area contributed by atoms with Crippen molar-refractivity contribution in [3.05, 3.63) is 35.9 Å². The van der Waals surface area contributed by atoms with Crippen LogP contribution in [0.15, 0.2) is 30.3 Å². The highest BCUT2D eigenvalue weighted by molar-refractivity contribution is 5.29. The minimum absolute atomic E-state index is 0.0767. The Kier molecular flexibility index (Phi) is 3.53. The molecule has 1 spiro atoms. The van der Waals surface area contributed by atoms with Crippen LogP contribution in [0.4, 0.5) is 0 Å². The first-order chi connectivity index (χ1) is 11.7. The lowest BCUT2D eigenvalue weighted by Crippen LogP contribution is -2.47. The first-order valence-corrected chi connectivity index (χ1v) is 9.51. The van der Waals surface area contributed by atoms with Crippen LogP contribution in [0.2, 0.25) is 0 Å². The Hall–Kier alpha value is -0.940. The first kappa shape index (κ1) is 15.3. The molecule has 4 fully saturated rings. The van der Waals surface area contributed by atoms with Gasteiger partial charge in [0.25, 0.3) is 0 Å². The standard InChI is InChI=1S/C20H26O4/c1-14-7-5-6-12-19(14)22-21-18-15-10-11-17(13-15)20(18,24-23-19)16-8-3-2-4-9-16/h2-4,8-9,14-15,17-18H,5-7,10-13H2,1H3/t14?,15-,17+,18+,19?,20-/m0/s1. The van der Waals surface area contributed by atoms with Gasteiger partial charge in [0.1, 0.15) is 6.10 Å². The van der Waals surface area contributed by atoms with E-state index in [0.717, 1.165) is 31.2 Å². The van der Waals surface area contributed by atoms with E-state index in [1.54, 1.807) is 0 Å². The largest absolute Gasteiger partial charge is 0.236 e. The highest BCUT2D eigenvalue weighted by Gasteiger charge is 2.65. The third-order valence-corrected chi connectivity index (χ3v) is 6.93. The summed E-state index contributed by atoms with van der Waals surface area (Å²) in [5, 5.41) is 0. The number of rotatable bonds is 1. The van der Waals surface area contributed by atoms with E-state index in [9.17, 15) is 0 Å². The molecule has 5 rings (SSSR count). The van der Waals surface area contributed by atoms with Crippen LogP contribution in [0.3, 0.4) is 0 Å². The zero-order valence-electron chi connectivity index (χ0n) is 14.3. The lowest BCUT2D eigenvalue weighted by molar-refractivity contribution is -0.511. The van der Waals surface area contributed by atoms with E-state index in [2.05, 4.69) is 31.2 Å². The molecule has 1 aliphatic heterocycles. The molecule has 24 heavy (non-hydrogen) atoms. The molecule has 4 nitrogen and oxygen atoms in total. The minimum Gasteiger partial charge on any atom is -0.226 e. The van der Waals surface area contributed by atoms with Gasteiger partial charge < -0.3 is 0 Å². The summed E-state index contributed by atoms with van der Waals surface area (Å²) in [7, 11) is 0. The Bertz CT molecular complexity index is 605. The maximum Gasteiger partial charge on any atom is 0.236 e. The number of hydrogen-bond acceptors (Lipinski definition) is 4. The van der Waals surface area contributed by atoms with E-state index in [1.807, 2.05) is 6.07 Å². The van der Waals surface area contributed by atoms with Crippen LogP contribution < -0.4 is 0 Å². The van der Waals surface area contributed by atoms with Crippen molar-refractivity contribution in [2.75, 3.05) is 0 Å². The Balaban J connectivity index is 1.54. The second kappa shape index (κ2) is 5.53. The molecule has 3 aliphatic carbocycles. The van der Waals surface area contributed by atoms with Gasteiger partial charge in [0.05, 0.1) is 0 Å². The van der Waals surface area contributed by atoms with Gasteiger partial charge in [-0.05, 0) is 49.5 Å². The molecule has 0 amide bonds.